The largest absolute Gasteiger partial charge is 0.497 e. The van der Waals surface area contributed by atoms with Gasteiger partial charge in [0.2, 0.25) is 5.91 Å². The van der Waals surface area contributed by atoms with E-state index in [4.69, 9.17) is 4.74 Å². The zero-order chi connectivity index (χ0) is 18.3. The van der Waals surface area contributed by atoms with Crippen LogP contribution in [-0.2, 0) is 21.4 Å². The zero-order valence-corrected chi connectivity index (χ0v) is 15.5. The van der Waals surface area contributed by atoms with Crippen LogP contribution in [0.1, 0.15) is 5.56 Å². The van der Waals surface area contributed by atoms with Gasteiger partial charge in [-0.05, 0) is 29.1 Å². The number of nitrogens with zero attached hydrogens (tertiary/aromatic N) is 1. The van der Waals surface area contributed by atoms with Gasteiger partial charge in [-0.15, -0.1) is 17.9 Å². The van der Waals surface area contributed by atoms with Crippen molar-refractivity contribution >= 4 is 27.3 Å². The second-order valence-corrected chi connectivity index (χ2v) is 8.11. The van der Waals surface area contributed by atoms with Gasteiger partial charge in [-0.25, -0.2) is 13.1 Å². The maximum Gasteiger partial charge on any atom is 0.250 e. The summed E-state index contributed by atoms with van der Waals surface area (Å²) in [7, 11) is -2.08. The highest BCUT2D eigenvalue weighted by molar-refractivity contribution is 7.91. The van der Waals surface area contributed by atoms with Gasteiger partial charge in [-0.3, -0.25) is 4.79 Å². The van der Waals surface area contributed by atoms with Crippen LogP contribution in [0.2, 0.25) is 0 Å². The molecule has 0 unspecified atom stereocenters. The number of hydrogen-bond donors (Lipinski definition) is 1. The molecule has 8 heteroatoms. The summed E-state index contributed by atoms with van der Waals surface area (Å²) in [6.07, 6.45) is 1.61. The summed E-state index contributed by atoms with van der Waals surface area (Å²) in [4.78, 5) is 13.9. The molecule has 0 aliphatic carbocycles. The van der Waals surface area contributed by atoms with Crippen LogP contribution >= 0.6 is 11.3 Å². The van der Waals surface area contributed by atoms with Crippen molar-refractivity contribution in [1.29, 1.82) is 0 Å². The van der Waals surface area contributed by atoms with Crippen molar-refractivity contribution in [3.63, 3.8) is 0 Å². The Morgan fingerprint density at radius 1 is 1.32 bits per heavy atom. The zero-order valence-electron chi connectivity index (χ0n) is 13.8. The number of ether oxygens (including phenoxy) is 1. The lowest BCUT2D eigenvalue weighted by Crippen LogP contribution is -2.39. The van der Waals surface area contributed by atoms with E-state index in [0.29, 0.717) is 13.1 Å². The Labute approximate surface area is 151 Å². The van der Waals surface area contributed by atoms with Crippen LogP contribution < -0.4 is 9.46 Å². The van der Waals surface area contributed by atoms with E-state index in [0.717, 1.165) is 22.6 Å². The third-order valence-electron chi connectivity index (χ3n) is 3.41. The molecule has 1 aromatic heterocycles. The fourth-order valence-corrected chi connectivity index (χ4v) is 4.13. The highest BCUT2D eigenvalue weighted by atomic mass is 32.2. The van der Waals surface area contributed by atoms with Gasteiger partial charge < -0.3 is 9.64 Å². The van der Waals surface area contributed by atoms with E-state index in [1.807, 2.05) is 24.3 Å². The van der Waals surface area contributed by atoms with Crippen LogP contribution in [0.25, 0.3) is 0 Å². The number of sulfonamides is 1. The summed E-state index contributed by atoms with van der Waals surface area (Å²) in [5, 5.41) is 1.67. The molecule has 0 saturated carbocycles. The molecule has 0 atom stereocenters. The Hall–Kier alpha value is -2.16. The molecular formula is C17H20N2O4S2. The number of carbonyl (C=O) groups is 1. The third-order valence-corrected chi connectivity index (χ3v) is 6.21. The number of amides is 1. The van der Waals surface area contributed by atoms with E-state index >= 15 is 0 Å². The number of carbonyl (C=O) groups excluding carboxylic acids is 1. The smallest absolute Gasteiger partial charge is 0.250 e. The topological polar surface area (TPSA) is 75.7 Å². The Morgan fingerprint density at radius 3 is 2.60 bits per heavy atom. The SMILES string of the molecule is C=CCN(Cc1ccc(OC)cc1)C(=O)CNS(=O)(=O)c1cccs1. The fourth-order valence-electron chi connectivity index (χ4n) is 2.12. The van der Waals surface area contributed by atoms with Crippen molar-refractivity contribution in [2.75, 3.05) is 20.2 Å². The first-order valence-electron chi connectivity index (χ1n) is 7.51. The number of benzene rings is 1. The summed E-state index contributed by atoms with van der Waals surface area (Å²) >= 11 is 1.10. The van der Waals surface area contributed by atoms with Crippen molar-refractivity contribution in [3.05, 3.63) is 60.0 Å². The van der Waals surface area contributed by atoms with Crippen LogP contribution in [0.5, 0.6) is 5.75 Å². The van der Waals surface area contributed by atoms with E-state index in [2.05, 4.69) is 11.3 Å². The lowest BCUT2D eigenvalue weighted by Gasteiger charge is -2.21. The minimum absolute atomic E-state index is 0.186. The van der Waals surface area contributed by atoms with E-state index in [9.17, 15) is 13.2 Å². The molecule has 1 N–H and O–H groups in total. The van der Waals surface area contributed by atoms with Crippen molar-refractivity contribution in [2.45, 2.75) is 10.8 Å². The molecule has 1 amide bonds. The molecular weight excluding hydrogens is 360 g/mol. The number of methoxy groups -OCH3 is 1. The average molecular weight is 380 g/mol. The molecule has 0 aliphatic rings. The molecule has 2 aromatic rings. The summed E-state index contributed by atoms with van der Waals surface area (Å²) in [5.41, 5.74) is 0.914. The lowest BCUT2D eigenvalue weighted by molar-refractivity contribution is -0.130. The maximum atomic E-state index is 12.4. The van der Waals surface area contributed by atoms with Gasteiger partial charge in [0.15, 0.2) is 0 Å². The maximum absolute atomic E-state index is 12.4. The normalized spacial score (nSPS) is 11.1. The molecule has 6 nitrogen and oxygen atoms in total. The van der Waals surface area contributed by atoms with E-state index < -0.39 is 10.0 Å². The minimum Gasteiger partial charge on any atom is -0.497 e. The third kappa shape index (κ3) is 5.42. The standard InChI is InChI=1S/C17H20N2O4S2/c1-3-10-19(13-14-6-8-15(23-2)9-7-14)16(20)12-18-25(21,22)17-5-4-11-24-17/h3-9,11,18H,1,10,12-13H2,2H3. The molecule has 2 rings (SSSR count). The van der Waals surface area contributed by atoms with Crippen molar-refractivity contribution in [3.8, 4) is 5.75 Å². The number of rotatable bonds is 9. The summed E-state index contributed by atoms with van der Waals surface area (Å²) in [5.74, 6) is 0.407. The van der Waals surface area contributed by atoms with E-state index in [1.165, 1.54) is 11.0 Å². The van der Waals surface area contributed by atoms with Gasteiger partial charge in [0.05, 0.1) is 13.7 Å². The van der Waals surface area contributed by atoms with Crippen LogP contribution in [-0.4, -0.2) is 39.4 Å². The second-order valence-electron chi connectivity index (χ2n) is 5.17. The Balaban J connectivity index is 2.00. The fraction of sp³-hybridized carbons (Fsp3) is 0.235. The van der Waals surface area contributed by atoms with Crippen LogP contribution in [0.4, 0.5) is 0 Å². The van der Waals surface area contributed by atoms with Gasteiger partial charge in [0, 0.05) is 13.1 Å². The van der Waals surface area contributed by atoms with Crippen LogP contribution in [0.15, 0.2) is 58.6 Å². The molecule has 134 valence electrons. The first-order chi connectivity index (χ1) is 12.0. The molecule has 1 aromatic carbocycles. The minimum atomic E-state index is -3.66. The molecule has 0 fully saturated rings. The second kappa shape index (κ2) is 8.80. The molecule has 0 spiro atoms. The predicted molar refractivity (Wildman–Crippen MR) is 98.1 cm³/mol. The van der Waals surface area contributed by atoms with Crippen LogP contribution in [0.3, 0.4) is 0 Å². The monoisotopic (exact) mass is 380 g/mol. The molecule has 1 heterocycles. The van der Waals surface area contributed by atoms with Gasteiger partial charge in [0.1, 0.15) is 9.96 Å². The molecule has 0 aliphatic heterocycles. The summed E-state index contributed by atoms with van der Waals surface area (Å²) < 4.78 is 31.8. The van der Waals surface area contributed by atoms with Gasteiger partial charge in [-0.2, -0.15) is 0 Å². The number of hydrogen-bond acceptors (Lipinski definition) is 5. The first-order valence-corrected chi connectivity index (χ1v) is 9.87. The highest BCUT2D eigenvalue weighted by Crippen LogP contribution is 2.16. The number of thiophene rings is 1. The Bertz CT molecular complexity index is 800. The van der Waals surface area contributed by atoms with E-state index in [1.54, 1.807) is 24.6 Å². The van der Waals surface area contributed by atoms with Crippen molar-refractivity contribution in [1.82, 2.24) is 9.62 Å². The first kappa shape index (κ1) is 19.2. The predicted octanol–water partition coefficient (Wildman–Crippen LogP) is 2.25. The highest BCUT2D eigenvalue weighted by Gasteiger charge is 2.19. The Morgan fingerprint density at radius 2 is 2.04 bits per heavy atom. The van der Waals surface area contributed by atoms with Crippen molar-refractivity contribution in [2.24, 2.45) is 0 Å². The Kier molecular flexibility index (Phi) is 6.74. The molecule has 0 radical (unpaired) electrons. The van der Waals surface area contributed by atoms with Gasteiger partial charge in [0.25, 0.3) is 10.0 Å². The van der Waals surface area contributed by atoms with Crippen molar-refractivity contribution < 1.29 is 17.9 Å². The van der Waals surface area contributed by atoms with Crippen LogP contribution in [0, 0.1) is 0 Å². The quantitative estimate of drug-likeness (QED) is 0.677. The number of nitrogens with one attached hydrogen (secondary N) is 1. The molecule has 0 saturated heterocycles. The summed E-state index contributed by atoms with van der Waals surface area (Å²) in [6.45, 7) is 4.03. The summed E-state index contributed by atoms with van der Waals surface area (Å²) in [6, 6.07) is 10.5. The molecule has 25 heavy (non-hydrogen) atoms. The lowest BCUT2D eigenvalue weighted by atomic mass is 10.2. The molecule has 0 bridgehead atoms. The average Bonchev–Trinajstić information content (AvgIpc) is 3.15. The van der Waals surface area contributed by atoms with E-state index in [-0.39, 0.29) is 16.7 Å². The van der Waals surface area contributed by atoms with Gasteiger partial charge >= 0.3 is 0 Å². The van der Waals surface area contributed by atoms with Gasteiger partial charge in [-0.1, -0.05) is 24.3 Å².